The molecule has 32 heteroatoms. The fourth-order valence-electron chi connectivity index (χ4n) is 7.07. The molecule has 0 aliphatic heterocycles. The maximum absolute atomic E-state index is 14.2. The summed E-state index contributed by atoms with van der Waals surface area (Å²) in [6.07, 6.45) is 5.28. The van der Waals surface area contributed by atoms with Gasteiger partial charge in [0.1, 0.15) is 54.4 Å². The highest BCUT2D eigenvalue weighted by Gasteiger charge is 2.36. The van der Waals surface area contributed by atoms with Crippen molar-refractivity contribution in [2.24, 2.45) is 29.2 Å². The maximum atomic E-state index is 14.2. The van der Waals surface area contributed by atoms with Crippen LogP contribution in [-0.2, 0) is 63.5 Å². The van der Waals surface area contributed by atoms with Crippen LogP contribution >= 0.6 is 19.6 Å². The molecule has 0 spiro atoms. The number of nitrogens with zero attached hydrogens (tertiary/aromatic N) is 1. The monoisotopic (exact) mass is 1140 g/mol. The minimum Gasteiger partial charge on any atom is -0.480 e. The molecule has 0 fully saturated rings. The molecule has 1 heterocycles. The molecule has 0 saturated heterocycles. The second kappa shape index (κ2) is 35.6. The molecule has 0 radical (unpaired) electrons. The Labute approximate surface area is 450 Å². The summed E-state index contributed by atoms with van der Waals surface area (Å²) < 4.78 is 15.7. The molecule has 0 aliphatic rings. The number of carbonyl (C=O) groups excluding carboxylic acids is 9. The summed E-state index contributed by atoms with van der Waals surface area (Å²) in [6.45, 7) is 6.91. The van der Waals surface area contributed by atoms with Gasteiger partial charge in [-0.3, -0.25) is 47.7 Å². The van der Waals surface area contributed by atoms with Gasteiger partial charge in [-0.2, -0.15) is 11.8 Å². The van der Waals surface area contributed by atoms with Gasteiger partial charge in [-0.05, 0) is 74.8 Å². The van der Waals surface area contributed by atoms with E-state index in [1.165, 1.54) is 24.3 Å². The average molecular weight is 1140 g/mol. The first-order chi connectivity index (χ1) is 36.1. The van der Waals surface area contributed by atoms with E-state index in [-0.39, 0.29) is 49.7 Å². The van der Waals surface area contributed by atoms with Gasteiger partial charge in [-0.1, -0.05) is 41.5 Å². The molecule has 1 aromatic rings. The Kier molecular flexibility index (Phi) is 32.0. The lowest BCUT2D eigenvalue weighted by molar-refractivity contribution is -0.143. The highest BCUT2D eigenvalue weighted by Crippen LogP contribution is 2.35. The smallest absolute Gasteiger partial charge is 0.469 e. The van der Waals surface area contributed by atoms with Crippen molar-refractivity contribution < 1.29 is 82.1 Å². The van der Waals surface area contributed by atoms with E-state index in [9.17, 15) is 77.6 Å². The third-order valence-electron chi connectivity index (χ3n) is 11.2. The largest absolute Gasteiger partial charge is 0.480 e. The van der Waals surface area contributed by atoms with Gasteiger partial charge in [0.05, 0.1) is 32.7 Å². The molecule has 438 valence electrons. The summed E-state index contributed by atoms with van der Waals surface area (Å²) in [5, 5.41) is 50.8. The summed E-state index contributed by atoms with van der Waals surface area (Å²) in [5.41, 5.74) is 11.4. The molecule has 0 bridgehead atoms. The zero-order valence-electron chi connectivity index (χ0n) is 44.4. The molecule has 19 N–H and O–H groups in total. The number of nitrogens with two attached hydrogens (primary N) is 2. The predicted molar refractivity (Wildman–Crippen MR) is 278 cm³/mol. The third-order valence-corrected chi connectivity index (χ3v) is 12.3. The quantitative estimate of drug-likeness (QED) is 0.0218. The molecule has 9 atom stereocenters. The van der Waals surface area contributed by atoms with Crippen LogP contribution in [0.1, 0.15) is 85.8 Å². The molecule has 0 saturated carbocycles. The van der Waals surface area contributed by atoms with Crippen LogP contribution < -0.4 is 59.3 Å². The van der Waals surface area contributed by atoms with E-state index in [1.807, 2.05) is 0 Å². The van der Waals surface area contributed by atoms with Crippen LogP contribution in [0.5, 0.6) is 0 Å². The Balaban J connectivity index is 3.27. The number of aliphatic carboxylic acids is 1. The number of aliphatic hydroxyl groups excluding tert-OH is 2. The van der Waals surface area contributed by atoms with Gasteiger partial charge in [0.2, 0.25) is 53.2 Å². The van der Waals surface area contributed by atoms with E-state index < -0.39 is 154 Å². The lowest BCUT2D eigenvalue weighted by Crippen LogP contribution is -2.60. The molecule has 77 heavy (non-hydrogen) atoms. The van der Waals surface area contributed by atoms with Crippen molar-refractivity contribution in [2.45, 2.75) is 141 Å². The van der Waals surface area contributed by atoms with Gasteiger partial charge in [0, 0.05) is 18.3 Å². The molecule has 0 aromatic carbocycles. The number of amides is 9. The standard InChI is InChI=1S/C45H80N13O17PS/c1-23(2)14-30(51-35(61)18-49-38(63)33(20-60)56-39(64)28(11-13-77-7)52-43(68)34(21-75-76(72,73)74)57-37(62)27(47)19-59)40(65)55-32(16-26-17-48-22-50-26)41(66)54-31(15-24(3)4)42(67)58-36(25(5)6)44(69)53-29(45(70)71)10-8-9-12-46/h17,22-25,27-34,36,59-60H,8-16,18-21,46-47H2,1-7H3,(H,48,50)(H,49,63)(H,51,61)(H,52,68)(H,53,69)(H,54,66)(H,55,65)(H,56,64)(H,57,62)(H,58,67)(H,70,71)(H2,72,73,74)/t27-,28-,29-,30-,31-,32-,33-,34-,36-/m0/s1. The van der Waals surface area contributed by atoms with E-state index in [0.717, 1.165) is 0 Å². The molecule has 1 aromatic heterocycles. The number of carbonyl (C=O) groups is 10. The minimum absolute atomic E-state index is 0.0133. The summed E-state index contributed by atoms with van der Waals surface area (Å²) in [7, 11) is -5.18. The highest BCUT2D eigenvalue weighted by molar-refractivity contribution is 7.98. The number of carboxylic acid groups (broad SMARTS) is 1. The van der Waals surface area contributed by atoms with E-state index in [0.29, 0.717) is 25.1 Å². The Morgan fingerprint density at radius 3 is 1.70 bits per heavy atom. The number of carboxylic acids is 1. The van der Waals surface area contributed by atoms with Crippen LogP contribution in [0.2, 0.25) is 0 Å². The van der Waals surface area contributed by atoms with E-state index >= 15 is 0 Å². The number of aromatic nitrogens is 2. The number of phosphoric ester groups is 1. The number of nitrogens with one attached hydrogen (secondary N) is 10. The lowest BCUT2D eigenvalue weighted by atomic mass is 9.98. The molecular weight excluding hydrogens is 1060 g/mol. The Morgan fingerprint density at radius 1 is 0.662 bits per heavy atom. The Bertz CT molecular complexity index is 2140. The molecule has 0 aliphatic carbocycles. The molecule has 9 amide bonds. The van der Waals surface area contributed by atoms with Gasteiger partial charge >= 0.3 is 13.8 Å². The number of hydrogen-bond donors (Lipinski definition) is 17. The normalized spacial score (nSPS) is 15.1. The molecular formula is C45H80N13O17PS. The van der Waals surface area contributed by atoms with Gasteiger partial charge in [-0.25, -0.2) is 14.3 Å². The number of H-pyrrole nitrogens is 1. The molecule has 30 nitrogen and oxygen atoms in total. The minimum atomic E-state index is -5.18. The number of phosphoric acid groups is 1. The van der Waals surface area contributed by atoms with Crippen LogP contribution in [-0.4, -0.2) is 194 Å². The SMILES string of the molecule is CSCC[C@H](NC(=O)[C@H](COP(=O)(O)O)NC(=O)[C@@H](N)CO)C(=O)N[C@@H](CO)C(=O)NCC(=O)N[C@@H](CC(C)C)C(=O)N[C@@H](Cc1cnc[nH]1)C(=O)N[C@@H](CC(C)C)C(=O)N[C@H](C(=O)N[C@@H](CCCCN)C(=O)O)C(C)C. The van der Waals surface area contributed by atoms with Gasteiger partial charge < -0.3 is 89.4 Å². The zero-order chi connectivity index (χ0) is 58.6. The average Bonchev–Trinajstić information content (AvgIpc) is 3.87. The number of unbranched alkanes of at least 4 members (excludes halogenated alkanes) is 1. The zero-order valence-corrected chi connectivity index (χ0v) is 46.1. The van der Waals surface area contributed by atoms with E-state index in [1.54, 1.807) is 47.8 Å². The highest BCUT2D eigenvalue weighted by atomic mass is 32.2. The fourth-order valence-corrected chi connectivity index (χ4v) is 7.89. The summed E-state index contributed by atoms with van der Waals surface area (Å²) in [4.78, 5) is 158. The number of hydrogen-bond acceptors (Lipinski definition) is 18. The van der Waals surface area contributed by atoms with Gasteiger partial charge in [-0.15, -0.1) is 0 Å². The summed E-state index contributed by atoms with van der Waals surface area (Å²) >= 11 is 1.24. The molecule has 1 rings (SSSR count). The van der Waals surface area contributed by atoms with Crippen molar-refractivity contribution in [2.75, 3.05) is 44.9 Å². The van der Waals surface area contributed by atoms with Crippen LogP contribution in [0.15, 0.2) is 12.5 Å². The predicted octanol–water partition coefficient (Wildman–Crippen LogP) is -4.92. The molecule has 0 unspecified atom stereocenters. The maximum Gasteiger partial charge on any atom is 0.469 e. The Morgan fingerprint density at radius 2 is 1.18 bits per heavy atom. The first-order valence-electron chi connectivity index (χ1n) is 24.8. The first kappa shape index (κ1) is 69.2. The lowest BCUT2D eigenvalue weighted by Gasteiger charge is -2.29. The van der Waals surface area contributed by atoms with Crippen molar-refractivity contribution in [1.29, 1.82) is 0 Å². The van der Waals surface area contributed by atoms with Gasteiger partial charge in [0.15, 0.2) is 0 Å². The number of aliphatic hydroxyl groups is 2. The van der Waals surface area contributed by atoms with E-state index in [4.69, 9.17) is 11.5 Å². The second-order valence-electron chi connectivity index (χ2n) is 19.1. The van der Waals surface area contributed by atoms with Gasteiger partial charge in [0.25, 0.3) is 0 Å². The second-order valence-corrected chi connectivity index (χ2v) is 21.4. The van der Waals surface area contributed by atoms with Crippen LogP contribution in [0.25, 0.3) is 0 Å². The van der Waals surface area contributed by atoms with Crippen LogP contribution in [0.3, 0.4) is 0 Å². The van der Waals surface area contributed by atoms with Crippen LogP contribution in [0.4, 0.5) is 0 Å². The summed E-state index contributed by atoms with van der Waals surface area (Å²) in [5.74, 6) is -10.5. The van der Waals surface area contributed by atoms with Crippen molar-refractivity contribution in [3.63, 3.8) is 0 Å². The topological polar surface area (TPSA) is 487 Å². The number of rotatable bonds is 38. The summed E-state index contributed by atoms with van der Waals surface area (Å²) in [6, 6.07) is -13.0. The van der Waals surface area contributed by atoms with Crippen molar-refractivity contribution in [3.8, 4) is 0 Å². The number of aromatic amines is 1. The fraction of sp³-hybridized carbons (Fsp3) is 0.711. The first-order valence-corrected chi connectivity index (χ1v) is 27.8. The van der Waals surface area contributed by atoms with Crippen molar-refractivity contribution in [3.05, 3.63) is 18.2 Å². The van der Waals surface area contributed by atoms with E-state index in [2.05, 4.69) is 62.3 Å². The third kappa shape index (κ3) is 27.4. The number of imidazole rings is 1. The van der Waals surface area contributed by atoms with Crippen molar-refractivity contribution >= 4 is 78.7 Å². The van der Waals surface area contributed by atoms with Crippen molar-refractivity contribution in [1.82, 2.24) is 57.8 Å². The number of thioether (sulfide) groups is 1. The Hall–Kier alpha value is -5.79. The van der Waals surface area contributed by atoms with Crippen LogP contribution in [0, 0.1) is 17.8 Å².